The van der Waals surface area contributed by atoms with Crippen molar-refractivity contribution in [2.75, 3.05) is 0 Å². The molecule has 0 aliphatic heterocycles. The Morgan fingerprint density at radius 1 is 0.500 bits per heavy atom. The molecule has 3 aromatic rings. The van der Waals surface area contributed by atoms with Gasteiger partial charge in [0, 0.05) is 11.5 Å². The van der Waals surface area contributed by atoms with Crippen LogP contribution in [0.3, 0.4) is 0 Å². The predicted molar refractivity (Wildman–Crippen MR) is 103 cm³/mol. The van der Waals surface area contributed by atoms with E-state index in [-0.39, 0.29) is 0 Å². The quantitative estimate of drug-likeness (QED) is 0.551. The lowest BCUT2D eigenvalue weighted by Gasteiger charge is -2.09. The summed E-state index contributed by atoms with van der Waals surface area (Å²) in [5.74, 6) is 1.49. The SMILES string of the molecule is SCc1cc(CS)cc(-c2ccc(-c3ccccc3)cc2)c1. The van der Waals surface area contributed by atoms with Crippen molar-refractivity contribution < 1.29 is 0 Å². The van der Waals surface area contributed by atoms with Gasteiger partial charge >= 0.3 is 0 Å². The Kier molecular flexibility index (Phi) is 4.91. The largest absolute Gasteiger partial charge is 0.175 e. The summed E-state index contributed by atoms with van der Waals surface area (Å²) < 4.78 is 0. The summed E-state index contributed by atoms with van der Waals surface area (Å²) in [4.78, 5) is 0. The van der Waals surface area contributed by atoms with Crippen LogP contribution in [-0.2, 0) is 11.5 Å². The van der Waals surface area contributed by atoms with E-state index in [4.69, 9.17) is 0 Å². The molecule has 0 radical (unpaired) electrons. The van der Waals surface area contributed by atoms with Gasteiger partial charge in [0.25, 0.3) is 0 Å². The summed E-state index contributed by atoms with van der Waals surface area (Å²) in [7, 11) is 0. The summed E-state index contributed by atoms with van der Waals surface area (Å²) in [5, 5.41) is 0. The molecule has 0 spiro atoms. The van der Waals surface area contributed by atoms with Gasteiger partial charge in [-0.15, -0.1) is 0 Å². The summed E-state index contributed by atoms with van der Waals surface area (Å²) >= 11 is 8.79. The molecular formula is C20H18S2. The summed E-state index contributed by atoms with van der Waals surface area (Å²) in [6, 6.07) is 25.7. The van der Waals surface area contributed by atoms with Crippen LogP contribution in [0.2, 0.25) is 0 Å². The van der Waals surface area contributed by atoms with E-state index >= 15 is 0 Å². The van der Waals surface area contributed by atoms with Gasteiger partial charge < -0.3 is 0 Å². The van der Waals surface area contributed by atoms with Crippen molar-refractivity contribution in [3.8, 4) is 22.3 Å². The zero-order valence-corrected chi connectivity index (χ0v) is 14.0. The third-order valence-electron chi connectivity index (χ3n) is 3.74. The molecule has 0 fully saturated rings. The molecule has 0 aromatic heterocycles. The minimum atomic E-state index is 0.747. The molecule has 0 atom stereocenters. The van der Waals surface area contributed by atoms with Crippen molar-refractivity contribution in [3.63, 3.8) is 0 Å². The van der Waals surface area contributed by atoms with Gasteiger partial charge in [0.15, 0.2) is 0 Å². The Hall–Kier alpha value is -1.64. The van der Waals surface area contributed by atoms with Gasteiger partial charge in [-0.25, -0.2) is 0 Å². The molecule has 0 heterocycles. The van der Waals surface area contributed by atoms with Gasteiger partial charge in [-0.05, 0) is 33.4 Å². The van der Waals surface area contributed by atoms with Crippen molar-refractivity contribution in [2.45, 2.75) is 11.5 Å². The lowest BCUT2D eigenvalue weighted by Crippen LogP contribution is -1.87. The smallest absolute Gasteiger partial charge is 0.0154 e. The first-order chi connectivity index (χ1) is 10.8. The van der Waals surface area contributed by atoms with E-state index in [1.807, 2.05) is 6.07 Å². The standard InChI is InChI=1S/C20H18S2/c21-13-15-10-16(14-22)12-20(11-15)19-8-6-18(7-9-19)17-4-2-1-3-5-17/h1-12,21-22H,13-14H2. The molecule has 2 heteroatoms. The molecule has 0 aliphatic carbocycles. The average molecular weight is 322 g/mol. The van der Waals surface area contributed by atoms with Crippen LogP contribution in [0.4, 0.5) is 0 Å². The maximum Gasteiger partial charge on any atom is 0.0154 e. The second-order valence-corrected chi connectivity index (χ2v) is 5.93. The molecule has 0 amide bonds. The van der Waals surface area contributed by atoms with E-state index in [1.165, 1.54) is 33.4 Å². The number of benzene rings is 3. The van der Waals surface area contributed by atoms with Crippen LogP contribution in [-0.4, -0.2) is 0 Å². The van der Waals surface area contributed by atoms with Crippen LogP contribution < -0.4 is 0 Å². The molecule has 22 heavy (non-hydrogen) atoms. The van der Waals surface area contributed by atoms with E-state index in [0.29, 0.717) is 0 Å². The minimum Gasteiger partial charge on any atom is -0.175 e. The highest BCUT2D eigenvalue weighted by Gasteiger charge is 2.03. The lowest BCUT2D eigenvalue weighted by atomic mass is 9.98. The van der Waals surface area contributed by atoms with Crippen LogP contribution in [0.1, 0.15) is 11.1 Å². The van der Waals surface area contributed by atoms with Crippen molar-refractivity contribution in [1.29, 1.82) is 0 Å². The summed E-state index contributed by atoms with van der Waals surface area (Å²) in [5.41, 5.74) is 7.41. The molecule has 3 rings (SSSR count). The zero-order chi connectivity index (χ0) is 15.4. The Morgan fingerprint density at radius 3 is 1.45 bits per heavy atom. The summed E-state index contributed by atoms with van der Waals surface area (Å²) in [6.45, 7) is 0. The maximum absolute atomic E-state index is 4.40. The molecule has 0 aliphatic rings. The number of rotatable bonds is 4. The average Bonchev–Trinajstić information content (AvgIpc) is 2.62. The Bertz CT molecular complexity index is 724. The molecular weight excluding hydrogens is 304 g/mol. The number of thiol groups is 2. The fourth-order valence-electron chi connectivity index (χ4n) is 2.60. The van der Waals surface area contributed by atoms with Crippen molar-refractivity contribution in [1.82, 2.24) is 0 Å². The normalized spacial score (nSPS) is 10.6. The van der Waals surface area contributed by atoms with Crippen molar-refractivity contribution >= 4 is 25.3 Å². The first kappa shape index (κ1) is 15.3. The monoisotopic (exact) mass is 322 g/mol. The van der Waals surface area contributed by atoms with Crippen LogP contribution >= 0.6 is 25.3 Å². The Balaban J connectivity index is 1.96. The van der Waals surface area contributed by atoms with E-state index in [9.17, 15) is 0 Å². The molecule has 0 nitrogen and oxygen atoms in total. The third-order valence-corrected chi connectivity index (χ3v) is 4.47. The minimum absolute atomic E-state index is 0.747. The predicted octanol–water partition coefficient (Wildman–Crippen LogP) is 5.88. The van der Waals surface area contributed by atoms with Gasteiger partial charge in [-0.1, -0.05) is 72.8 Å². The summed E-state index contributed by atoms with van der Waals surface area (Å²) in [6.07, 6.45) is 0. The molecule has 0 saturated heterocycles. The van der Waals surface area contributed by atoms with E-state index in [1.54, 1.807) is 0 Å². The van der Waals surface area contributed by atoms with Gasteiger partial charge in [-0.3, -0.25) is 0 Å². The third kappa shape index (κ3) is 3.40. The first-order valence-electron chi connectivity index (χ1n) is 7.30. The van der Waals surface area contributed by atoms with E-state index in [0.717, 1.165) is 11.5 Å². The van der Waals surface area contributed by atoms with Gasteiger partial charge in [-0.2, -0.15) is 25.3 Å². The molecule has 0 saturated carbocycles. The van der Waals surface area contributed by atoms with Crippen LogP contribution in [0.25, 0.3) is 22.3 Å². The van der Waals surface area contributed by atoms with E-state index in [2.05, 4.69) is 92.0 Å². The second kappa shape index (κ2) is 7.08. The van der Waals surface area contributed by atoms with Gasteiger partial charge in [0.05, 0.1) is 0 Å². The highest BCUT2D eigenvalue weighted by Crippen LogP contribution is 2.27. The highest BCUT2D eigenvalue weighted by atomic mass is 32.1. The molecule has 0 N–H and O–H groups in total. The second-order valence-electron chi connectivity index (χ2n) is 5.30. The molecule has 110 valence electrons. The fraction of sp³-hybridized carbons (Fsp3) is 0.100. The van der Waals surface area contributed by atoms with Crippen LogP contribution in [0, 0.1) is 0 Å². The zero-order valence-electron chi connectivity index (χ0n) is 12.2. The highest BCUT2D eigenvalue weighted by molar-refractivity contribution is 7.79. The van der Waals surface area contributed by atoms with E-state index < -0.39 is 0 Å². The lowest BCUT2D eigenvalue weighted by molar-refractivity contribution is 1.34. The van der Waals surface area contributed by atoms with Gasteiger partial charge in [0.2, 0.25) is 0 Å². The Morgan fingerprint density at radius 2 is 0.955 bits per heavy atom. The van der Waals surface area contributed by atoms with Crippen LogP contribution in [0.15, 0.2) is 72.8 Å². The number of hydrogen-bond acceptors (Lipinski definition) is 2. The number of hydrogen-bond donors (Lipinski definition) is 2. The Labute approximate surface area is 143 Å². The topological polar surface area (TPSA) is 0 Å². The van der Waals surface area contributed by atoms with Crippen LogP contribution in [0.5, 0.6) is 0 Å². The van der Waals surface area contributed by atoms with Crippen molar-refractivity contribution in [3.05, 3.63) is 83.9 Å². The molecule has 3 aromatic carbocycles. The van der Waals surface area contributed by atoms with Crippen molar-refractivity contribution in [2.24, 2.45) is 0 Å². The van der Waals surface area contributed by atoms with Gasteiger partial charge in [0.1, 0.15) is 0 Å². The molecule has 0 unspecified atom stereocenters. The maximum atomic E-state index is 4.40. The molecule has 0 bridgehead atoms. The fourth-order valence-corrected chi connectivity index (χ4v) is 2.96. The first-order valence-corrected chi connectivity index (χ1v) is 8.57.